The molecule has 0 saturated heterocycles. The van der Waals surface area contributed by atoms with E-state index in [9.17, 15) is 0 Å². The number of hydrogen-bond donors (Lipinski definition) is 0. The van der Waals surface area contributed by atoms with Crippen LogP contribution >= 0.6 is 0 Å². The van der Waals surface area contributed by atoms with Gasteiger partial charge in [0.15, 0.2) is 0 Å². The van der Waals surface area contributed by atoms with Gasteiger partial charge in [-0.2, -0.15) is 0 Å². The molecule has 0 spiro atoms. The maximum atomic E-state index is 2.49. The standard InChI is InChI=1S/C13H11.2CH3.Bi/c1-3-7-12(8-4-1)11-13-9-5-2-6-10-13;;;/h1-11H;2*1H3;. The average Bonchev–Trinajstić information content (AvgIpc) is 2.31. The second kappa shape index (κ2) is 5.59. The first-order chi connectivity index (χ1) is 7.79. The minimum atomic E-state index is -1.37. The van der Waals surface area contributed by atoms with E-state index in [2.05, 4.69) is 69.9 Å². The zero-order chi connectivity index (χ0) is 11.4. The van der Waals surface area contributed by atoms with Crippen LogP contribution in [0.15, 0.2) is 60.7 Å². The van der Waals surface area contributed by atoms with E-state index < -0.39 is 21.8 Å². The van der Waals surface area contributed by atoms with Crippen LogP contribution in [0.5, 0.6) is 0 Å². The minimum absolute atomic E-state index is 0.706. The Morgan fingerprint density at radius 3 is 1.38 bits per heavy atom. The number of rotatable bonds is 3. The van der Waals surface area contributed by atoms with Crippen molar-refractivity contribution in [3.05, 3.63) is 71.8 Å². The van der Waals surface area contributed by atoms with Crippen molar-refractivity contribution in [1.29, 1.82) is 0 Å². The van der Waals surface area contributed by atoms with E-state index in [1.165, 1.54) is 11.1 Å². The zero-order valence-electron chi connectivity index (χ0n) is 9.80. The van der Waals surface area contributed by atoms with Gasteiger partial charge < -0.3 is 0 Å². The molecule has 0 unspecified atom stereocenters. The molecule has 0 aromatic heterocycles. The van der Waals surface area contributed by atoms with Gasteiger partial charge in [0.2, 0.25) is 0 Å². The van der Waals surface area contributed by atoms with Gasteiger partial charge >= 0.3 is 106 Å². The van der Waals surface area contributed by atoms with Gasteiger partial charge in [-0.15, -0.1) is 0 Å². The van der Waals surface area contributed by atoms with Crippen LogP contribution in [-0.2, 0) is 0 Å². The molecule has 0 heterocycles. The molecule has 2 rings (SSSR count). The summed E-state index contributed by atoms with van der Waals surface area (Å²) in [4.78, 5) is 0. The summed E-state index contributed by atoms with van der Waals surface area (Å²) < 4.78 is 5.68. The molecule has 0 aliphatic heterocycles. The van der Waals surface area contributed by atoms with E-state index >= 15 is 0 Å². The van der Waals surface area contributed by atoms with Crippen molar-refractivity contribution in [2.24, 2.45) is 0 Å². The topological polar surface area (TPSA) is 0 Å². The second-order valence-corrected chi connectivity index (χ2v) is 13.7. The van der Waals surface area contributed by atoms with Gasteiger partial charge in [-0.3, -0.25) is 0 Å². The first kappa shape index (κ1) is 11.8. The van der Waals surface area contributed by atoms with Crippen molar-refractivity contribution < 1.29 is 0 Å². The first-order valence-electron chi connectivity index (χ1n) is 5.55. The fraction of sp³-hybridized carbons (Fsp3) is 0.200. The molecule has 2 aromatic carbocycles. The Kier molecular flexibility index (Phi) is 4.12. The molecule has 0 N–H and O–H groups in total. The normalized spacial score (nSPS) is 11.0. The fourth-order valence-corrected chi connectivity index (χ4v) is 8.03. The zero-order valence-corrected chi connectivity index (χ0v) is 13.3. The van der Waals surface area contributed by atoms with Gasteiger partial charge in [0.25, 0.3) is 0 Å². The first-order valence-corrected chi connectivity index (χ1v) is 14.5. The Morgan fingerprint density at radius 2 is 1.06 bits per heavy atom. The van der Waals surface area contributed by atoms with Gasteiger partial charge in [0.1, 0.15) is 0 Å². The van der Waals surface area contributed by atoms with Gasteiger partial charge in [0, 0.05) is 0 Å². The Bertz CT molecular complexity index is 380. The molecule has 0 aliphatic rings. The predicted molar refractivity (Wildman–Crippen MR) is 72.2 cm³/mol. The molecule has 82 valence electrons. The second-order valence-electron chi connectivity index (χ2n) is 4.19. The van der Waals surface area contributed by atoms with Crippen LogP contribution in [0, 0.1) is 0 Å². The van der Waals surface area contributed by atoms with Crippen LogP contribution in [0.2, 0.25) is 9.26 Å². The van der Waals surface area contributed by atoms with Gasteiger partial charge in [-0.05, 0) is 0 Å². The van der Waals surface area contributed by atoms with E-state index in [4.69, 9.17) is 0 Å². The van der Waals surface area contributed by atoms with E-state index in [0.29, 0.717) is 3.63 Å². The monoisotopic (exact) mass is 406 g/mol. The quantitative estimate of drug-likeness (QED) is 0.674. The SMILES string of the molecule is [CH3][Bi]([CH3])[CH](c1ccccc1)c1ccccc1. The summed E-state index contributed by atoms with van der Waals surface area (Å²) in [5, 5.41) is 0. The van der Waals surface area contributed by atoms with Gasteiger partial charge in [-0.25, -0.2) is 0 Å². The van der Waals surface area contributed by atoms with Crippen molar-refractivity contribution in [2.45, 2.75) is 12.9 Å². The molecule has 1 heteroatoms. The molecule has 0 atom stereocenters. The molecule has 0 fully saturated rings. The summed E-state index contributed by atoms with van der Waals surface area (Å²) in [6.07, 6.45) is 0. The van der Waals surface area contributed by atoms with E-state index in [1.54, 1.807) is 0 Å². The Labute approximate surface area is 106 Å². The van der Waals surface area contributed by atoms with Crippen LogP contribution in [0.4, 0.5) is 0 Å². The van der Waals surface area contributed by atoms with Crippen LogP contribution in [0.1, 0.15) is 14.8 Å². The Morgan fingerprint density at radius 1 is 0.688 bits per heavy atom. The van der Waals surface area contributed by atoms with E-state index in [0.717, 1.165) is 0 Å². The summed E-state index contributed by atoms with van der Waals surface area (Å²) in [5.74, 6) is 0. The molecule has 0 bridgehead atoms. The van der Waals surface area contributed by atoms with E-state index in [1.807, 2.05) is 0 Å². The third kappa shape index (κ3) is 2.71. The van der Waals surface area contributed by atoms with Gasteiger partial charge in [0.05, 0.1) is 0 Å². The third-order valence-corrected chi connectivity index (χ3v) is 9.08. The summed E-state index contributed by atoms with van der Waals surface area (Å²) >= 11 is -1.37. The van der Waals surface area contributed by atoms with Crippen LogP contribution in [0.25, 0.3) is 0 Å². The van der Waals surface area contributed by atoms with Gasteiger partial charge in [-0.1, -0.05) is 0 Å². The molecule has 16 heavy (non-hydrogen) atoms. The molecular formula is C15H17Bi. The Balaban J connectivity index is 2.40. The summed E-state index contributed by atoms with van der Waals surface area (Å²) in [6.45, 7) is 0. The summed E-state index contributed by atoms with van der Waals surface area (Å²) in [5.41, 5.74) is 2.99. The molecular weight excluding hydrogens is 389 g/mol. The molecule has 0 radical (unpaired) electrons. The number of benzene rings is 2. The van der Waals surface area contributed by atoms with Crippen molar-refractivity contribution in [3.8, 4) is 0 Å². The molecule has 0 aliphatic carbocycles. The van der Waals surface area contributed by atoms with Crippen molar-refractivity contribution in [3.63, 3.8) is 0 Å². The predicted octanol–water partition coefficient (Wildman–Crippen LogP) is 4.11. The summed E-state index contributed by atoms with van der Waals surface area (Å²) in [6, 6.07) is 21.9. The average molecular weight is 406 g/mol. The molecule has 0 nitrogen and oxygen atoms in total. The third-order valence-electron chi connectivity index (χ3n) is 2.75. The van der Waals surface area contributed by atoms with Crippen molar-refractivity contribution >= 4 is 21.8 Å². The van der Waals surface area contributed by atoms with Crippen molar-refractivity contribution in [2.75, 3.05) is 0 Å². The van der Waals surface area contributed by atoms with Crippen molar-refractivity contribution in [1.82, 2.24) is 0 Å². The van der Waals surface area contributed by atoms with Crippen LogP contribution < -0.4 is 0 Å². The van der Waals surface area contributed by atoms with Crippen LogP contribution in [0.3, 0.4) is 0 Å². The molecule has 0 amide bonds. The molecule has 2 aromatic rings. The van der Waals surface area contributed by atoms with E-state index in [-0.39, 0.29) is 0 Å². The number of hydrogen-bond acceptors (Lipinski definition) is 0. The maximum absolute atomic E-state index is 2.49. The Hall–Kier alpha value is -0.677. The summed E-state index contributed by atoms with van der Waals surface area (Å²) in [7, 11) is 0. The molecule has 0 saturated carbocycles. The van der Waals surface area contributed by atoms with Crippen LogP contribution in [-0.4, -0.2) is 21.8 Å². The fourth-order valence-electron chi connectivity index (χ4n) is 2.06.